The van der Waals surface area contributed by atoms with Crippen molar-refractivity contribution >= 4 is 27.3 Å². The molecule has 0 radical (unpaired) electrons. The normalized spacial score (nSPS) is 12.0. The molecule has 0 bridgehead atoms. The summed E-state index contributed by atoms with van der Waals surface area (Å²) in [6.45, 7) is 3.67. The zero-order valence-corrected chi connectivity index (χ0v) is 10.9. The summed E-state index contributed by atoms with van der Waals surface area (Å²) in [7, 11) is -2.09. The van der Waals surface area contributed by atoms with Gasteiger partial charge in [-0.1, -0.05) is 6.92 Å². The van der Waals surface area contributed by atoms with Crippen molar-refractivity contribution in [3.8, 4) is 0 Å². The van der Waals surface area contributed by atoms with Crippen LogP contribution >= 0.6 is 11.3 Å². The van der Waals surface area contributed by atoms with Crippen molar-refractivity contribution in [3.63, 3.8) is 0 Å². The maximum absolute atomic E-state index is 12.0. The number of rotatable bonds is 4. The van der Waals surface area contributed by atoms with Crippen LogP contribution in [0.5, 0.6) is 0 Å². The summed E-state index contributed by atoms with van der Waals surface area (Å²) in [4.78, 5) is 11.4. The molecule has 5 nitrogen and oxygen atoms in total. The SMILES string of the molecule is CCN(C)S(=O)(=O)c1cc(C(=O)O)sc1C. The number of aryl methyl sites for hydroxylation is 1. The van der Waals surface area contributed by atoms with Crippen LogP contribution in [-0.2, 0) is 10.0 Å². The van der Waals surface area contributed by atoms with E-state index < -0.39 is 16.0 Å². The van der Waals surface area contributed by atoms with E-state index in [1.807, 2.05) is 0 Å². The summed E-state index contributed by atoms with van der Waals surface area (Å²) in [5, 5.41) is 8.79. The van der Waals surface area contributed by atoms with Gasteiger partial charge in [-0.2, -0.15) is 0 Å². The number of hydrogen-bond acceptors (Lipinski definition) is 4. The molecule has 90 valence electrons. The molecule has 0 amide bonds. The van der Waals surface area contributed by atoms with Crippen molar-refractivity contribution in [2.24, 2.45) is 0 Å². The monoisotopic (exact) mass is 263 g/mol. The number of thiophene rings is 1. The minimum atomic E-state index is -3.55. The molecule has 1 heterocycles. The molecule has 0 unspecified atom stereocenters. The lowest BCUT2D eigenvalue weighted by Crippen LogP contribution is -2.26. The molecular weight excluding hydrogens is 250 g/mol. The second kappa shape index (κ2) is 4.52. The molecule has 0 aromatic carbocycles. The molecule has 1 rings (SSSR count). The topological polar surface area (TPSA) is 74.7 Å². The predicted octanol–water partition coefficient (Wildman–Crippen LogP) is 1.40. The van der Waals surface area contributed by atoms with E-state index in [2.05, 4.69) is 0 Å². The second-order valence-electron chi connectivity index (χ2n) is 3.26. The fraction of sp³-hybridized carbons (Fsp3) is 0.444. The first-order valence-corrected chi connectivity index (χ1v) is 6.86. The van der Waals surface area contributed by atoms with E-state index in [0.29, 0.717) is 11.4 Å². The molecule has 0 aliphatic carbocycles. The van der Waals surface area contributed by atoms with Crippen LogP contribution in [0.4, 0.5) is 0 Å². The van der Waals surface area contributed by atoms with Crippen LogP contribution in [-0.4, -0.2) is 37.4 Å². The van der Waals surface area contributed by atoms with Gasteiger partial charge in [0.25, 0.3) is 0 Å². The minimum Gasteiger partial charge on any atom is -0.477 e. The van der Waals surface area contributed by atoms with Gasteiger partial charge in [0.2, 0.25) is 10.0 Å². The summed E-state index contributed by atoms with van der Waals surface area (Å²) in [5.74, 6) is -1.10. The van der Waals surface area contributed by atoms with Crippen molar-refractivity contribution in [2.45, 2.75) is 18.7 Å². The molecule has 16 heavy (non-hydrogen) atoms. The Kier molecular flexibility index (Phi) is 3.72. The van der Waals surface area contributed by atoms with Crippen LogP contribution in [0, 0.1) is 6.92 Å². The number of nitrogens with zero attached hydrogens (tertiary/aromatic N) is 1. The van der Waals surface area contributed by atoms with Gasteiger partial charge < -0.3 is 5.11 Å². The van der Waals surface area contributed by atoms with E-state index in [1.165, 1.54) is 17.4 Å². The molecule has 0 saturated heterocycles. The van der Waals surface area contributed by atoms with Crippen LogP contribution in [0.15, 0.2) is 11.0 Å². The summed E-state index contributed by atoms with van der Waals surface area (Å²) >= 11 is 0.972. The van der Waals surface area contributed by atoms with Gasteiger partial charge in [0.05, 0.1) is 4.90 Å². The quantitative estimate of drug-likeness (QED) is 0.891. The van der Waals surface area contributed by atoms with E-state index in [1.54, 1.807) is 13.8 Å². The molecule has 0 atom stereocenters. The maximum Gasteiger partial charge on any atom is 0.345 e. The lowest BCUT2D eigenvalue weighted by atomic mass is 10.4. The number of aromatic carboxylic acids is 1. The molecule has 0 saturated carbocycles. The van der Waals surface area contributed by atoms with Gasteiger partial charge in [-0.05, 0) is 13.0 Å². The minimum absolute atomic E-state index is 0.0422. The molecule has 7 heteroatoms. The number of carboxylic acids is 1. The number of hydrogen-bond donors (Lipinski definition) is 1. The first kappa shape index (κ1) is 13.1. The number of sulfonamides is 1. The van der Waals surface area contributed by atoms with Gasteiger partial charge in [0, 0.05) is 18.5 Å². The van der Waals surface area contributed by atoms with Crippen LogP contribution in [0.2, 0.25) is 0 Å². The Morgan fingerprint density at radius 3 is 2.50 bits per heavy atom. The molecule has 0 aliphatic rings. The van der Waals surface area contributed by atoms with Gasteiger partial charge in [-0.3, -0.25) is 0 Å². The molecule has 1 aromatic heterocycles. The van der Waals surface area contributed by atoms with Crippen molar-refractivity contribution in [1.82, 2.24) is 4.31 Å². The van der Waals surface area contributed by atoms with E-state index in [-0.39, 0.29) is 9.77 Å². The zero-order chi connectivity index (χ0) is 12.5. The predicted molar refractivity (Wildman–Crippen MR) is 61.5 cm³/mol. The van der Waals surface area contributed by atoms with E-state index in [9.17, 15) is 13.2 Å². The second-order valence-corrected chi connectivity index (χ2v) is 6.53. The lowest BCUT2D eigenvalue weighted by molar-refractivity contribution is 0.0702. The first-order valence-electron chi connectivity index (χ1n) is 4.60. The smallest absolute Gasteiger partial charge is 0.345 e. The highest BCUT2D eigenvalue weighted by Gasteiger charge is 2.25. The molecule has 0 fully saturated rings. The van der Waals surface area contributed by atoms with Gasteiger partial charge >= 0.3 is 5.97 Å². The van der Waals surface area contributed by atoms with Gasteiger partial charge in [0.1, 0.15) is 4.88 Å². The third-order valence-corrected chi connectivity index (χ3v) is 5.44. The van der Waals surface area contributed by atoms with E-state index in [4.69, 9.17) is 5.11 Å². The Morgan fingerprint density at radius 1 is 1.56 bits per heavy atom. The van der Waals surface area contributed by atoms with Crippen molar-refractivity contribution in [2.75, 3.05) is 13.6 Å². The summed E-state index contributed by atoms with van der Waals surface area (Å²) in [5.41, 5.74) is 0. The Bertz CT molecular complexity index is 504. The Labute approximate surface area is 98.4 Å². The molecule has 1 N–H and O–H groups in total. The number of carboxylic acid groups (broad SMARTS) is 1. The van der Waals surface area contributed by atoms with Crippen LogP contribution in [0.3, 0.4) is 0 Å². The maximum atomic E-state index is 12.0. The van der Waals surface area contributed by atoms with Crippen LogP contribution in [0.25, 0.3) is 0 Å². The van der Waals surface area contributed by atoms with E-state index in [0.717, 1.165) is 11.3 Å². The lowest BCUT2D eigenvalue weighted by Gasteiger charge is -2.13. The fourth-order valence-corrected chi connectivity index (χ4v) is 3.74. The zero-order valence-electron chi connectivity index (χ0n) is 9.22. The van der Waals surface area contributed by atoms with E-state index >= 15 is 0 Å². The molecule has 1 aromatic rings. The van der Waals surface area contributed by atoms with Crippen LogP contribution < -0.4 is 0 Å². The van der Waals surface area contributed by atoms with Crippen molar-refractivity contribution in [3.05, 3.63) is 15.8 Å². The summed E-state index contributed by atoms with van der Waals surface area (Å²) in [6, 6.07) is 1.21. The Hall–Kier alpha value is -0.920. The van der Waals surface area contributed by atoms with Crippen molar-refractivity contribution < 1.29 is 18.3 Å². The van der Waals surface area contributed by atoms with Gasteiger partial charge in [-0.15, -0.1) is 11.3 Å². The van der Waals surface area contributed by atoms with Gasteiger partial charge in [0.15, 0.2) is 0 Å². The fourth-order valence-electron chi connectivity index (χ4n) is 1.16. The highest BCUT2D eigenvalue weighted by molar-refractivity contribution is 7.89. The standard InChI is InChI=1S/C9H13NO4S2/c1-4-10(3)16(13,14)8-5-7(9(11)12)15-6(8)2/h5H,4H2,1-3H3,(H,11,12). The molecule has 0 spiro atoms. The summed E-state index contributed by atoms with van der Waals surface area (Å²) in [6.07, 6.45) is 0. The molecular formula is C9H13NO4S2. The molecule has 0 aliphatic heterocycles. The first-order chi connectivity index (χ1) is 7.30. The van der Waals surface area contributed by atoms with Gasteiger partial charge in [-0.25, -0.2) is 17.5 Å². The Morgan fingerprint density at radius 2 is 2.12 bits per heavy atom. The van der Waals surface area contributed by atoms with Crippen molar-refractivity contribution in [1.29, 1.82) is 0 Å². The highest BCUT2D eigenvalue weighted by Crippen LogP contribution is 2.27. The Balaban J connectivity index is 3.29. The largest absolute Gasteiger partial charge is 0.477 e. The van der Waals surface area contributed by atoms with Crippen LogP contribution in [0.1, 0.15) is 21.5 Å². The average molecular weight is 263 g/mol. The average Bonchev–Trinajstić information content (AvgIpc) is 2.59. The highest BCUT2D eigenvalue weighted by atomic mass is 32.2. The summed E-state index contributed by atoms with van der Waals surface area (Å²) < 4.78 is 25.1. The number of carbonyl (C=O) groups is 1. The third-order valence-electron chi connectivity index (χ3n) is 2.22. The third kappa shape index (κ3) is 2.26.